The van der Waals surface area contributed by atoms with Gasteiger partial charge in [-0.25, -0.2) is 7.92 Å². The van der Waals surface area contributed by atoms with Gasteiger partial charge in [-0.05, 0) is 64.2 Å². The quantitative estimate of drug-likeness (QED) is 0.383. The van der Waals surface area contributed by atoms with Crippen molar-refractivity contribution in [3.05, 3.63) is 137 Å². The van der Waals surface area contributed by atoms with Gasteiger partial charge >= 0.3 is 26.2 Å². The van der Waals surface area contributed by atoms with Crippen LogP contribution < -0.4 is 5.30 Å². The molecule has 2 aromatic rings. The molecule has 1 heterocycles. The number of hydrogen-bond acceptors (Lipinski definition) is 0. The summed E-state index contributed by atoms with van der Waals surface area (Å²) in [7, 11) is -0.0482. The smallest absolute Gasteiger partial charge is 0.293 e. The predicted molar refractivity (Wildman–Crippen MR) is 118 cm³/mol. The first kappa shape index (κ1) is 24.0. The Balaban J connectivity index is 0.000000209. The van der Waals surface area contributed by atoms with E-state index in [0.29, 0.717) is 5.92 Å². The largest absolute Gasteiger partial charge is 2.00 e. The molecule has 138 valence electrons. The molecule has 0 nitrogen and oxygen atoms in total. The number of benzene rings is 2. The van der Waals surface area contributed by atoms with E-state index in [9.17, 15) is 0 Å². The average molecular weight is 460 g/mol. The SMILES string of the molecule is [CH]1[CH][CH][CH][CH]1.[CH]1[CH][CH][CH][CH]1.[Zr+2].[c-]1ccccc1C1[CH-]P(c2ccccc2)CC1. The van der Waals surface area contributed by atoms with Crippen molar-refractivity contribution in [2.24, 2.45) is 0 Å². The second kappa shape index (κ2) is 14.7. The molecule has 10 radical (unpaired) electrons. The Labute approximate surface area is 193 Å². The molecule has 0 spiro atoms. The van der Waals surface area contributed by atoms with Crippen LogP contribution in [0.2, 0.25) is 0 Å². The first-order chi connectivity index (χ1) is 13.4. The van der Waals surface area contributed by atoms with Gasteiger partial charge in [-0.15, -0.1) is 0 Å². The van der Waals surface area contributed by atoms with E-state index >= 15 is 0 Å². The second-order valence-electron chi connectivity index (χ2n) is 6.32. The summed E-state index contributed by atoms with van der Waals surface area (Å²) in [6.07, 6.45) is 25.2. The molecule has 1 saturated heterocycles. The molecule has 5 rings (SSSR count). The molecule has 0 N–H and O–H groups in total. The predicted octanol–water partition coefficient (Wildman–Crippen LogP) is 5.98. The Morgan fingerprint density at radius 2 is 1.25 bits per heavy atom. The minimum absolute atomic E-state index is 0. The molecular formula is C26H25PZr. The van der Waals surface area contributed by atoms with Crippen LogP contribution >= 0.6 is 7.92 Å². The zero-order valence-corrected chi connectivity index (χ0v) is 19.3. The van der Waals surface area contributed by atoms with Crippen molar-refractivity contribution in [1.82, 2.24) is 0 Å². The summed E-state index contributed by atoms with van der Waals surface area (Å²) in [4.78, 5) is 0. The fourth-order valence-corrected chi connectivity index (χ4v) is 5.43. The summed E-state index contributed by atoms with van der Waals surface area (Å²) in [5.74, 6) is 0.613. The molecule has 1 aliphatic heterocycles. The Hall–Kier alpha value is -0.247. The van der Waals surface area contributed by atoms with E-state index in [1.54, 1.807) is 0 Å². The van der Waals surface area contributed by atoms with Crippen LogP contribution in [0.4, 0.5) is 0 Å². The molecule has 2 saturated carbocycles. The molecule has 2 heteroatoms. The third kappa shape index (κ3) is 8.63. The summed E-state index contributed by atoms with van der Waals surface area (Å²) in [6, 6.07) is 22.6. The summed E-state index contributed by atoms with van der Waals surface area (Å²) in [6.45, 7) is 0. The molecule has 2 atom stereocenters. The molecule has 2 aliphatic carbocycles. The maximum Gasteiger partial charge on any atom is 2.00 e. The van der Waals surface area contributed by atoms with E-state index < -0.39 is 0 Å². The van der Waals surface area contributed by atoms with Crippen molar-refractivity contribution in [3.63, 3.8) is 0 Å². The minimum atomic E-state index is -0.0482. The summed E-state index contributed by atoms with van der Waals surface area (Å²) in [5, 5.41) is 1.51. The van der Waals surface area contributed by atoms with Crippen LogP contribution in [-0.2, 0) is 26.2 Å². The van der Waals surface area contributed by atoms with Gasteiger partial charge in [0.25, 0.3) is 0 Å². The van der Waals surface area contributed by atoms with Crippen molar-refractivity contribution >= 4 is 13.2 Å². The number of hydrogen-bond donors (Lipinski definition) is 0. The molecule has 0 bridgehead atoms. The topological polar surface area (TPSA) is 0 Å². The van der Waals surface area contributed by atoms with Gasteiger partial charge in [0, 0.05) is 0 Å². The molecule has 3 fully saturated rings. The fraction of sp³-hybridized carbons (Fsp3) is 0.115. The van der Waals surface area contributed by atoms with Gasteiger partial charge in [0.15, 0.2) is 0 Å². The Morgan fingerprint density at radius 1 is 0.714 bits per heavy atom. The van der Waals surface area contributed by atoms with Gasteiger partial charge in [0.2, 0.25) is 0 Å². The van der Waals surface area contributed by atoms with Crippen molar-refractivity contribution in [1.29, 1.82) is 0 Å². The number of rotatable bonds is 2. The molecular weight excluding hydrogens is 434 g/mol. The summed E-state index contributed by atoms with van der Waals surface area (Å²) < 4.78 is 0. The van der Waals surface area contributed by atoms with E-state index in [1.807, 2.05) is 76.3 Å². The van der Waals surface area contributed by atoms with Gasteiger partial charge in [0.1, 0.15) is 0 Å². The van der Waals surface area contributed by atoms with E-state index in [1.165, 1.54) is 23.5 Å². The van der Waals surface area contributed by atoms with Crippen LogP contribution in [0, 0.1) is 76.4 Å². The fourth-order valence-electron chi connectivity index (χ4n) is 2.99. The normalized spacial score (nSPS) is 23.0. The van der Waals surface area contributed by atoms with Gasteiger partial charge in [-0.1, -0.05) is 48.2 Å². The van der Waals surface area contributed by atoms with Crippen molar-refractivity contribution in [2.75, 3.05) is 6.16 Å². The molecule has 3 aliphatic rings. The van der Waals surface area contributed by atoms with E-state index in [4.69, 9.17) is 0 Å². The van der Waals surface area contributed by atoms with Crippen LogP contribution in [0.1, 0.15) is 17.9 Å². The molecule has 0 aromatic heterocycles. The summed E-state index contributed by atoms with van der Waals surface area (Å²) in [5.41, 5.74) is 1.36. The maximum absolute atomic E-state index is 3.36. The molecule has 0 amide bonds. The van der Waals surface area contributed by atoms with Crippen LogP contribution in [0.5, 0.6) is 0 Å². The standard InChI is InChI=1S/C16H15P.2C5H5.Zr/c1-3-7-14(8-4-1)15-11-12-17(13-15)16-9-5-2-6-10-16;2*1-2-4-5-3-1;/h1-7,9-10,13,15H,11-12H2;2*1-5H;/q-2;;;+2. The van der Waals surface area contributed by atoms with Crippen molar-refractivity contribution < 1.29 is 26.2 Å². The van der Waals surface area contributed by atoms with Crippen molar-refractivity contribution in [2.45, 2.75) is 12.3 Å². The van der Waals surface area contributed by atoms with Gasteiger partial charge in [-0.2, -0.15) is 41.8 Å². The van der Waals surface area contributed by atoms with Crippen molar-refractivity contribution in [3.8, 4) is 0 Å². The van der Waals surface area contributed by atoms with E-state index in [-0.39, 0.29) is 34.1 Å². The minimum Gasteiger partial charge on any atom is -0.293 e. The van der Waals surface area contributed by atoms with Crippen LogP contribution in [0.25, 0.3) is 0 Å². The zero-order valence-electron chi connectivity index (χ0n) is 16.0. The van der Waals surface area contributed by atoms with Crippen LogP contribution in [0.15, 0.2) is 54.6 Å². The van der Waals surface area contributed by atoms with E-state index in [2.05, 4.69) is 54.7 Å². The Morgan fingerprint density at radius 3 is 1.75 bits per heavy atom. The molecule has 2 aromatic carbocycles. The van der Waals surface area contributed by atoms with Gasteiger partial charge in [0.05, 0.1) is 0 Å². The third-order valence-corrected chi connectivity index (χ3v) is 6.79. The van der Waals surface area contributed by atoms with Gasteiger partial charge < -0.3 is 0 Å². The first-order valence-electron chi connectivity index (χ1n) is 9.40. The summed E-state index contributed by atoms with van der Waals surface area (Å²) >= 11 is 0. The zero-order chi connectivity index (χ0) is 18.6. The Bertz CT molecular complexity index is 534. The van der Waals surface area contributed by atoms with E-state index in [0.717, 1.165) is 0 Å². The first-order valence-corrected chi connectivity index (χ1v) is 11.0. The second-order valence-corrected chi connectivity index (χ2v) is 8.52. The van der Waals surface area contributed by atoms with Crippen LogP contribution in [-0.4, -0.2) is 6.16 Å². The molecule has 28 heavy (non-hydrogen) atoms. The average Bonchev–Trinajstić information content (AvgIpc) is 3.55. The maximum atomic E-state index is 3.36. The third-order valence-electron chi connectivity index (χ3n) is 4.37. The van der Waals surface area contributed by atoms with Gasteiger partial charge in [-0.3, -0.25) is 6.16 Å². The Kier molecular flexibility index (Phi) is 12.6. The molecule has 2 unspecified atom stereocenters. The monoisotopic (exact) mass is 458 g/mol. The van der Waals surface area contributed by atoms with Crippen LogP contribution in [0.3, 0.4) is 0 Å².